The van der Waals surface area contributed by atoms with Crippen molar-refractivity contribution in [1.29, 1.82) is 0 Å². The van der Waals surface area contributed by atoms with Crippen molar-refractivity contribution < 1.29 is 19.1 Å². The van der Waals surface area contributed by atoms with Gasteiger partial charge in [0, 0.05) is 37.3 Å². The molecule has 1 atom stereocenters. The highest BCUT2D eigenvalue weighted by atomic mass is 16.5. The van der Waals surface area contributed by atoms with Crippen molar-refractivity contribution in [3.05, 3.63) is 66.2 Å². The molecule has 3 aromatic rings. The van der Waals surface area contributed by atoms with Gasteiger partial charge in [-0.05, 0) is 63.6 Å². The molecule has 1 saturated heterocycles. The smallest absolute Gasteiger partial charge is 0.318 e. The van der Waals surface area contributed by atoms with E-state index in [4.69, 9.17) is 9.47 Å². The van der Waals surface area contributed by atoms with Gasteiger partial charge in [-0.25, -0.2) is 4.79 Å². The van der Waals surface area contributed by atoms with Gasteiger partial charge >= 0.3 is 6.03 Å². The lowest BCUT2D eigenvalue weighted by Gasteiger charge is -2.38. The van der Waals surface area contributed by atoms with E-state index in [9.17, 15) is 9.59 Å². The van der Waals surface area contributed by atoms with Crippen LogP contribution in [0.2, 0.25) is 0 Å². The molecular weight excluding hydrogens is 520 g/mol. The Kier molecular flexibility index (Phi) is 9.31. The van der Waals surface area contributed by atoms with E-state index in [0.29, 0.717) is 37.7 Å². The van der Waals surface area contributed by atoms with Crippen LogP contribution in [-0.4, -0.2) is 84.4 Å². The summed E-state index contributed by atoms with van der Waals surface area (Å²) in [5, 5.41) is 11.9. The number of ether oxygens (including phenoxy) is 2. The number of rotatable bonds is 8. The van der Waals surface area contributed by atoms with Crippen molar-refractivity contribution in [2.45, 2.75) is 39.3 Å². The molecule has 10 nitrogen and oxygen atoms in total. The number of urea groups is 1. The molecule has 1 aliphatic heterocycles. The van der Waals surface area contributed by atoms with Crippen LogP contribution in [0.25, 0.3) is 11.3 Å². The number of carbonyl (C=O) groups excluding carboxylic acids is 2. The number of amides is 3. The lowest BCUT2D eigenvalue weighted by Crippen LogP contribution is -2.55. The SMILES string of the molecule is COc1ccc(-c2ccc(N3CCN(C(=O)CN(C(=O)NC(C)(C)C)[C@H](C)c4ccccc4)CC3)nn2)cc1OC. The number of nitrogens with zero attached hydrogens (tertiary/aromatic N) is 5. The summed E-state index contributed by atoms with van der Waals surface area (Å²) in [6.07, 6.45) is 0. The van der Waals surface area contributed by atoms with Gasteiger partial charge in [-0.1, -0.05) is 30.3 Å². The van der Waals surface area contributed by atoms with Crippen molar-refractivity contribution in [3.63, 3.8) is 0 Å². The maximum Gasteiger partial charge on any atom is 0.318 e. The van der Waals surface area contributed by atoms with E-state index in [1.807, 2.05) is 93.3 Å². The molecule has 218 valence electrons. The first-order valence-electron chi connectivity index (χ1n) is 13.8. The molecule has 0 bridgehead atoms. The predicted molar refractivity (Wildman–Crippen MR) is 159 cm³/mol. The highest BCUT2D eigenvalue weighted by molar-refractivity contribution is 5.85. The van der Waals surface area contributed by atoms with E-state index in [1.165, 1.54) is 0 Å². The monoisotopic (exact) mass is 560 g/mol. The second kappa shape index (κ2) is 12.9. The Morgan fingerprint density at radius 2 is 1.61 bits per heavy atom. The van der Waals surface area contributed by atoms with Crippen molar-refractivity contribution >= 4 is 17.8 Å². The van der Waals surface area contributed by atoms with Gasteiger partial charge in [0.2, 0.25) is 5.91 Å². The summed E-state index contributed by atoms with van der Waals surface area (Å²) in [6, 6.07) is 18.7. The van der Waals surface area contributed by atoms with Crippen LogP contribution in [0.4, 0.5) is 10.6 Å². The summed E-state index contributed by atoms with van der Waals surface area (Å²) in [4.78, 5) is 32.2. The molecule has 3 amide bonds. The highest BCUT2D eigenvalue weighted by Gasteiger charge is 2.30. The molecule has 2 aromatic carbocycles. The Hall–Kier alpha value is -4.34. The van der Waals surface area contributed by atoms with Crippen LogP contribution in [0.15, 0.2) is 60.7 Å². The van der Waals surface area contributed by atoms with Gasteiger partial charge in [-0.3, -0.25) is 4.79 Å². The number of piperazine rings is 1. The van der Waals surface area contributed by atoms with E-state index in [-0.39, 0.29) is 24.5 Å². The van der Waals surface area contributed by atoms with Crippen molar-refractivity contribution in [3.8, 4) is 22.8 Å². The van der Waals surface area contributed by atoms with E-state index < -0.39 is 5.54 Å². The Morgan fingerprint density at radius 3 is 2.20 bits per heavy atom. The maximum atomic E-state index is 13.4. The zero-order valence-corrected chi connectivity index (χ0v) is 24.8. The molecule has 0 unspecified atom stereocenters. The van der Waals surface area contributed by atoms with Crippen LogP contribution >= 0.6 is 0 Å². The predicted octanol–water partition coefficient (Wildman–Crippen LogP) is 4.38. The van der Waals surface area contributed by atoms with Crippen molar-refractivity contribution in [2.24, 2.45) is 0 Å². The quantitative estimate of drug-likeness (QED) is 0.436. The maximum absolute atomic E-state index is 13.4. The molecule has 0 spiro atoms. The molecule has 4 rings (SSSR count). The van der Waals surface area contributed by atoms with Gasteiger partial charge in [-0.15, -0.1) is 10.2 Å². The summed E-state index contributed by atoms with van der Waals surface area (Å²) in [6.45, 7) is 10.1. The average molecular weight is 561 g/mol. The van der Waals surface area contributed by atoms with E-state index in [1.54, 1.807) is 19.1 Å². The summed E-state index contributed by atoms with van der Waals surface area (Å²) >= 11 is 0. The van der Waals surface area contributed by atoms with Gasteiger partial charge in [0.05, 0.1) is 26.0 Å². The molecule has 1 aromatic heterocycles. The zero-order chi connectivity index (χ0) is 29.6. The van der Waals surface area contributed by atoms with Crippen LogP contribution in [0.1, 0.15) is 39.3 Å². The van der Waals surface area contributed by atoms with Crippen LogP contribution in [0.5, 0.6) is 11.5 Å². The number of nitrogens with one attached hydrogen (secondary N) is 1. The van der Waals surface area contributed by atoms with E-state index >= 15 is 0 Å². The Balaban J connectivity index is 1.39. The van der Waals surface area contributed by atoms with Crippen LogP contribution < -0.4 is 19.7 Å². The average Bonchev–Trinajstić information content (AvgIpc) is 2.98. The zero-order valence-electron chi connectivity index (χ0n) is 24.8. The minimum absolute atomic E-state index is 0.00218. The fourth-order valence-corrected chi connectivity index (χ4v) is 4.76. The first kappa shape index (κ1) is 29.6. The number of methoxy groups -OCH3 is 2. The van der Waals surface area contributed by atoms with Gasteiger partial charge in [0.1, 0.15) is 6.54 Å². The van der Waals surface area contributed by atoms with Gasteiger partial charge < -0.3 is 29.5 Å². The van der Waals surface area contributed by atoms with Crippen molar-refractivity contribution in [2.75, 3.05) is 51.8 Å². The fraction of sp³-hybridized carbons (Fsp3) is 0.419. The normalized spacial score (nSPS) is 14.3. The van der Waals surface area contributed by atoms with Gasteiger partial charge in [0.25, 0.3) is 0 Å². The molecule has 2 heterocycles. The van der Waals surface area contributed by atoms with Gasteiger partial charge in [0.15, 0.2) is 17.3 Å². The first-order chi connectivity index (χ1) is 19.6. The molecular formula is C31H40N6O4. The van der Waals surface area contributed by atoms with Gasteiger partial charge in [-0.2, -0.15) is 0 Å². The number of hydrogen-bond donors (Lipinski definition) is 1. The summed E-state index contributed by atoms with van der Waals surface area (Å²) in [5.41, 5.74) is 2.16. The molecule has 41 heavy (non-hydrogen) atoms. The summed E-state index contributed by atoms with van der Waals surface area (Å²) in [5.74, 6) is 1.96. The minimum atomic E-state index is -0.420. The van der Waals surface area contributed by atoms with E-state index in [2.05, 4.69) is 20.4 Å². The molecule has 1 aliphatic rings. The lowest BCUT2D eigenvalue weighted by atomic mass is 10.1. The summed E-state index contributed by atoms with van der Waals surface area (Å²) < 4.78 is 10.7. The number of hydrogen-bond acceptors (Lipinski definition) is 7. The molecule has 1 fully saturated rings. The summed E-state index contributed by atoms with van der Waals surface area (Å²) in [7, 11) is 3.20. The second-order valence-corrected chi connectivity index (χ2v) is 11.1. The lowest BCUT2D eigenvalue weighted by molar-refractivity contribution is -0.132. The molecule has 0 aliphatic carbocycles. The molecule has 10 heteroatoms. The van der Waals surface area contributed by atoms with Crippen LogP contribution in [0, 0.1) is 0 Å². The number of aromatic nitrogens is 2. The number of anilines is 1. The molecule has 0 saturated carbocycles. The Morgan fingerprint density at radius 1 is 0.927 bits per heavy atom. The molecule has 0 radical (unpaired) electrons. The third-order valence-electron chi connectivity index (χ3n) is 7.08. The second-order valence-electron chi connectivity index (χ2n) is 11.1. The van der Waals surface area contributed by atoms with Crippen LogP contribution in [0.3, 0.4) is 0 Å². The Bertz CT molecular complexity index is 1320. The standard InChI is InChI=1S/C31H40N6O4/c1-22(23-10-8-7-9-11-23)37(30(39)32-31(2,3)4)21-29(38)36-18-16-35(17-19-36)28-15-13-25(33-34-28)24-12-14-26(40-5)27(20-24)41-6/h7-15,20,22H,16-19,21H2,1-6H3,(H,32,39)/t22-/m1/s1. The number of carbonyl (C=O) groups is 2. The van der Waals surface area contributed by atoms with E-state index in [0.717, 1.165) is 22.6 Å². The topological polar surface area (TPSA) is 100 Å². The largest absolute Gasteiger partial charge is 0.493 e. The Labute approximate surface area is 242 Å². The molecule has 1 N–H and O–H groups in total. The third kappa shape index (κ3) is 7.45. The number of benzene rings is 2. The highest BCUT2D eigenvalue weighted by Crippen LogP contribution is 2.31. The first-order valence-corrected chi connectivity index (χ1v) is 13.8. The fourth-order valence-electron chi connectivity index (χ4n) is 4.76. The van der Waals surface area contributed by atoms with Crippen molar-refractivity contribution in [1.82, 2.24) is 25.3 Å². The third-order valence-corrected chi connectivity index (χ3v) is 7.08. The minimum Gasteiger partial charge on any atom is -0.493 e. The van der Waals surface area contributed by atoms with Crippen LogP contribution in [-0.2, 0) is 4.79 Å².